The predicted molar refractivity (Wildman–Crippen MR) is 167 cm³/mol. The number of rotatable bonds is 5. The number of fused-ring (bicyclic) bond motifs is 1. The fourth-order valence-electron chi connectivity index (χ4n) is 6.71. The van der Waals surface area contributed by atoms with Crippen molar-refractivity contribution in [3.63, 3.8) is 0 Å². The Balaban J connectivity index is 0.000000365. The second kappa shape index (κ2) is 18.1. The molecule has 5 rings (SSSR count). The standard InChI is InChI=1S/C27H37N3O.3C2HF3O2/c1-28-19-27(20-28)22-30(18-23-7-4-3-5-8-23)21-26(27)13-6-15-29(16-14-26)17-24-9-11-25(31-2)12-10-24;3*3-2(4,5)1(6)7/h3-5,7-12H,6,13-22H2,1-2H3;3*(H,6,7). The van der Waals surface area contributed by atoms with Crippen molar-refractivity contribution in [1.29, 1.82) is 0 Å². The summed E-state index contributed by atoms with van der Waals surface area (Å²) in [4.78, 5) is 34.7. The van der Waals surface area contributed by atoms with E-state index in [-0.39, 0.29) is 0 Å². The number of hydrogen-bond donors (Lipinski definition) is 3. The van der Waals surface area contributed by atoms with Crippen LogP contribution in [-0.4, -0.2) is 120 Å². The molecule has 0 aromatic heterocycles. The van der Waals surface area contributed by atoms with Gasteiger partial charge in [-0.25, -0.2) is 14.4 Å². The summed E-state index contributed by atoms with van der Waals surface area (Å²) in [6, 6.07) is 19.7. The number of likely N-dealkylation sites (tertiary alicyclic amines) is 3. The predicted octanol–water partition coefficient (Wildman–Crippen LogP) is 6.02. The first-order chi connectivity index (χ1) is 23.9. The number of nitrogens with zero attached hydrogens (tertiary/aromatic N) is 3. The molecule has 52 heavy (non-hydrogen) atoms. The maximum atomic E-state index is 10.6. The highest BCUT2D eigenvalue weighted by Crippen LogP contribution is 2.57. The molecule has 2 aromatic rings. The first-order valence-electron chi connectivity index (χ1n) is 15.6. The van der Waals surface area contributed by atoms with Crippen LogP contribution in [0, 0.1) is 10.8 Å². The maximum Gasteiger partial charge on any atom is 0.490 e. The zero-order chi connectivity index (χ0) is 39.5. The molecule has 2 aromatic carbocycles. The van der Waals surface area contributed by atoms with Gasteiger partial charge in [0.1, 0.15) is 5.75 Å². The molecule has 292 valence electrons. The van der Waals surface area contributed by atoms with Crippen LogP contribution in [0.5, 0.6) is 5.75 Å². The van der Waals surface area contributed by atoms with Crippen molar-refractivity contribution in [1.82, 2.24) is 14.7 Å². The van der Waals surface area contributed by atoms with E-state index in [0.29, 0.717) is 10.8 Å². The third-order valence-electron chi connectivity index (χ3n) is 8.90. The van der Waals surface area contributed by atoms with Crippen LogP contribution in [0.15, 0.2) is 54.6 Å². The van der Waals surface area contributed by atoms with Crippen LogP contribution in [0.2, 0.25) is 0 Å². The molecule has 3 aliphatic rings. The number of methoxy groups -OCH3 is 1. The van der Waals surface area contributed by atoms with Gasteiger partial charge in [-0.1, -0.05) is 42.5 Å². The summed E-state index contributed by atoms with van der Waals surface area (Å²) >= 11 is 0. The Hall–Kier alpha value is -4.10. The number of alkyl halides is 9. The number of ether oxygens (including phenoxy) is 1. The van der Waals surface area contributed by atoms with Crippen molar-refractivity contribution in [2.45, 2.75) is 50.9 Å². The largest absolute Gasteiger partial charge is 0.497 e. The lowest BCUT2D eigenvalue weighted by molar-refractivity contribution is -0.193. The van der Waals surface area contributed by atoms with Crippen LogP contribution in [0.4, 0.5) is 39.5 Å². The van der Waals surface area contributed by atoms with Crippen LogP contribution >= 0.6 is 0 Å². The molecule has 3 N–H and O–H groups in total. The minimum Gasteiger partial charge on any atom is -0.497 e. The monoisotopic (exact) mass is 761 g/mol. The third kappa shape index (κ3) is 13.1. The second-order valence-electron chi connectivity index (χ2n) is 12.8. The molecule has 3 aliphatic heterocycles. The number of benzene rings is 2. The van der Waals surface area contributed by atoms with Crippen molar-refractivity contribution < 1.29 is 74.0 Å². The first-order valence-corrected chi connectivity index (χ1v) is 15.6. The highest BCUT2D eigenvalue weighted by atomic mass is 19.4. The average Bonchev–Trinajstić information content (AvgIpc) is 3.18. The van der Waals surface area contributed by atoms with Gasteiger partial charge in [-0.3, -0.25) is 9.80 Å². The fourth-order valence-corrected chi connectivity index (χ4v) is 6.71. The van der Waals surface area contributed by atoms with E-state index in [2.05, 4.69) is 76.3 Å². The van der Waals surface area contributed by atoms with E-state index >= 15 is 0 Å². The quantitative estimate of drug-likeness (QED) is 0.312. The van der Waals surface area contributed by atoms with Gasteiger partial charge >= 0.3 is 36.4 Å². The van der Waals surface area contributed by atoms with Gasteiger partial charge in [0.2, 0.25) is 0 Å². The Morgan fingerprint density at radius 2 is 1.06 bits per heavy atom. The molecule has 0 saturated carbocycles. The van der Waals surface area contributed by atoms with Crippen molar-refractivity contribution >= 4 is 17.9 Å². The lowest BCUT2D eigenvalue weighted by Crippen LogP contribution is -2.63. The second-order valence-corrected chi connectivity index (χ2v) is 12.8. The lowest BCUT2D eigenvalue weighted by atomic mass is 9.58. The number of carboxylic acid groups (broad SMARTS) is 3. The Morgan fingerprint density at radius 3 is 1.48 bits per heavy atom. The normalized spacial score (nSPS) is 20.5. The minimum atomic E-state index is -5.08. The summed E-state index contributed by atoms with van der Waals surface area (Å²) in [7, 11) is 4.03. The summed E-state index contributed by atoms with van der Waals surface area (Å²) in [6.45, 7) is 9.68. The highest BCUT2D eigenvalue weighted by molar-refractivity contribution is 5.73. The molecule has 10 nitrogen and oxygen atoms in total. The van der Waals surface area contributed by atoms with Crippen LogP contribution < -0.4 is 4.74 Å². The number of carbonyl (C=O) groups is 3. The van der Waals surface area contributed by atoms with Gasteiger partial charge in [0, 0.05) is 44.7 Å². The fraction of sp³-hybridized carbons (Fsp3) is 0.545. The molecular weight excluding hydrogens is 721 g/mol. The van der Waals surface area contributed by atoms with Gasteiger partial charge in [0.15, 0.2) is 0 Å². The summed E-state index contributed by atoms with van der Waals surface area (Å²) in [5.41, 5.74) is 3.82. The van der Waals surface area contributed by atoms with Crippen LogP contribution in [0.3, 0.4) is 0 Å². The van der Waals surface area contributed by atoms with Gasteiger partial charge in [0.25, 0.3) is 0 Å². The van der Waals surface area contributed by atoms with Crippen molar-refractivity contribution in [3.05, 3.63) is 65.7 Å². The number of hydrogen-bond acceptors (Lipinski definition) is 7. The molecule has 0 bridgehead atoms. The van der Waals surface area contributed by atoms with E-state index in [0.717, 1.165) is 18.8 Å². The summed E-state index contributed by atoms with van der Waals surface area (Å²) in [6.07, 6.45) is -11.2. The summed E-state index contributed by atoms with van der Waals surface area (Å²) < 4.78 is 101. The van der Waals surface area contributed by atoms with Crippen molar-refractivity contribution in [3.8, 4) is 5.75 Å². The molecule has 1 atom stereocenters. The van der Waals surface area contributed by atoms with Gasteiger partial charge < -0.3 is 25.0 Å². The van der Waals surface area contributed by atoms with Crippen molar-refractivity contribution in [2.75, 3.05) is 53.4 Å². The molecule has 0 radical (unpaired) electrons. The minimum absolute atomic E-state index is 0.475. The molecule has 0 aliphatic carbocycles. The lowest BCUT2D eigenvalue weighted by Gasteiger charge is -2.56. The third-order valence-corrected chi connectivity index (χ3v) is 8.90. The maximum absolute atomic E-state index is 10.6. The SMILES string of the molecule is COc1ccc(CN2CCCC3(CC2)CN(Cc2ccccc2)CC32CN(C)C2)cc1.O=C(O)C(F)(F)F.O=C(O)C(F)(F)F.O=C(O)C(F)(F)F. The highest BCUT2D eigenvalue weighted by Gasteiger charge is 2.61. The Labute approximate surface area is 293 Å². The zero-order valence-electron chi connectivity index (χ0n) is 28.2. The molecule has 3 fully saturated rings. The van der Waals surface area contributed by atoms with E-state index in [1.807, 2.05) is 0 Å². The number of carboxylic acids is 3. The smallest absolute Gasteiger partial charge is 0.490 e. The van der Waals surface area contributed by atoms with Gasteiger partial charge in [-0.2, -0.15) is 39.5 Å². The Bertz CT molecular complexity index is 1390. The van der Waals surface area contributed by atoms with E-state index in [1.54, 1.807) is 7.11 Å². The first kappa shape index (κ1) is 44.1. The molecular formula is C33H40F9N3O7. The molecule has 2 spiro atoms. The van der Waals surface area contributed by atoms with Gasteiger partial charge in [-0.05, 0) is 68.1 Å². The zero-order valence-corrected chi connectivity index (χ0v) is 28.2. The van der Waals surface area contributed by atoms with E-state index in [1.165, 1.54) is 69.7 Å². The molecule has 3 heterocycles. The van der Waals surface area contributed by atoms with E-state index < -0.39 is 36.4 Å². The van der Waals surface area contributed by atoms with Crippen LogP contribution in [0.25, 0.3) is 0 Å². The summed E-state index contributed by atoms with van der Waals surface area (Å²) in [5, 5.41) is 21.4. The van der Waals surface area contributed by atoms with Crippen LogP contribution in [0.1, 0.15) is 30.4 Å². The molecule has 19 heteroatoms. The molecule has 1 unspecified atom stereocenters. The summed E-state index contributed by atoms with van der Waals surface area (Å²) in [5.74, 6) is -7.33. The topological polar surface area (TPSA) is 131 Å². The Kier molecular flexibility index (Phi) is 15.3. The van der Waals surface area contributed by atoms with E-state index in [9.17, 15) is 39.5 Å². The van der Waals surface area contributed by atoms with E-state index in [4.69, 9.17) is 34.4 Å². The van der Waals surface area contributed by atoms with Crippen LogP contribution in [-0.2, 0) is 27.5 Å². The Morgan fingerprint density at radius 1 is 0.635 bits per heavy atom. The molecule has 0 amide bonds. The molecule has 3 saturated heterocycles. The number of aliphatic carboxylic acids is 3. The van der Waals surface area contributed by atoms with Gasteiger partial charge in [0.05, 0.1) is 7.11 Å². The average molecular weight is 762 g/mol. The van der Waals surface area contributed by atoms with Gasteiger partial charge in [-0.15, -0.1) is 0 Å². The van der Waals surface area contributed by atoms with Crippen molar-refractivity contribution in [2.24, 2.45) is 10.8 Å². The number of halogens is 9.